The van der Waals surface area contributed by atoms with E-state index in [4.69, 9.17) is 11.6 Å². The van der Waals surface area contributed by atoms with Gasteiger partial charge >= 0.3 is 0 Å². The quantitative estimate of drug-likeness (QED) is 0.590. The standard InChI is InChI=1S/C13H12ClNO/c14-9-3-4-10-15-12-6-2-1-5-11(12)7-8-13(15)16/h1-8H,9-10H2. The first-order valence-electron chi connectivity index (χ1n) is 5.12. The monoisotopic (exact) mass is 233 g/mol. The van der Waals surface area contributed by atoms with Crippen LogP contribution in [-0.4, -0.2) is 10.4 Å². The molecular formula is C13H12ClNO. The van der Waals surface area contributed by atoms with E-state index in [0.717, 1.165) is 10.9 Å². The van der Waals surface area contributed by atoms with Crippen LogP contribution in [0.25, 0.3) is 10.9 Å². The van der Waals surface area contributed by atoms with E-state index in [-0.39, 0.29) is 5.56 Å². The van der Waals surface area contributed by atoms with Crippen LogP contribution in [0.4, 0.5) is 0 Å². The van der Waals surface area contributed by atoms with Crippen molar-refractivity contribution in [1.82, 2.24) is 4.57 Å². The minimum atomic E-state index is 0.0120. The van der Waals surface area contributed by atoms with E-state index >= 15 is 0 Å². The summed E-state index contributed by atoms with van der Waals surface area (Å²) in [5.41, 5.74) is 0.965. The summed E-state index contributed by atoms with van der Waals surface area (Å²) >= 11 is 5.55. The number of hydrogen-bond donors (Lipinski definition) is 0. The number of allylic oxidation sites excluding steroid dienone is 2. The maximum atomic E-state index is 11.7. The second-order valence-electron chi connectivity index (χ2n) is 3.47. The Bertz CT molecular complexity index is 571. The Balaban J connectivity index is 2.53. The Hall–Kier alpha value is -1.54. The van der Waals surface area contributed by atoms with E-state index in [1.54, 1.807) is 10.6 Å². The molecular weight excluding hydrogens is 222 g/mol. The molecule has 0 unspecified atom stereocenters. The van der Waals surface area contributed by atoms with Gasteiger partial charge < -0.3 is 4.57 Å². The lowest BCUT2D eigenvalue weighted by molar-refractivity contribution is 0.816. The number of alkyl halides is 1. The number of pyridine rings is 1. The molecule has 1 aromatic heterocycles. The van der Waals surface area contributed by atoms with Crippen LogP contribution in [-0.2, 0) is 6.54 Å². The van der Waals surface area contributed by atoms with E-state index < -0.39 is 0 Å². The van der Waals surface area contributed by atoms with Crippen molar-refractivity contribution in [1.29, 1.82) is 0 Å². The average molecular weight is 234 g/mol. The van der Waals surface area contributed by atoms with Crippen molar-refractivity contribution < 1.29 is 0 Å². The molecule has 0 aliphatic rings. The molecule has 0 fully saturated rings. The van der Waals surface area contributed by atoms with Gasteiger partial charge in [0.25, 0.3) is 5.56 Å². The normalized spacial score (nSPS) is 11.3. The molecule has 0 spiro atoms. The van der Waals surface area contributed by atoms with Gasteiger partial charge in [-0.1, -0.05) is 30.4 Å². The fourth-order valence-corrected chi connectivity index (χ4v) is 1.80. The van der Waals surface area contributed by atoms with Crippen LogP contribution in [0, 0.1) is 0 Å². The van der Waals surface area contributed by atoms with Crippen LogP contribution >= 0.6 is 11.6 Å². The summed E-state index contributed by atoms with van der Waals surface area (Å²) in [6.45, 7) is 0.562. The zero-order chi connectivity index (χ0) is 11.4. The molecule has 0 aliphatic heterocycles. The molecule has 82 valence electrons. The smallest absolute Gasteiger partial charge is 0.251 e. The molecule has 3 heteroatoms. The molecule has 16 heavy (non-hydrogen) atoms. The van der Waals surface area contributed by atoms with Gasteiger partial charge in [-0.2, -0.15) is 0 Å². The third-order valence-corrected chi connectivity index (χ3v) is 2.62. The molecule has 0 saturated heterocycles. The number of nitrogens with zero attached hydrogens (tertiary/aromatic N) is 1. The number of benzene rings is 1. The molecule has 0 bridgehead atoms. The largest absolute Gasteiger partial charge is 0.304 e. The van der Waals surface area contributed by atoms with Gasteiger partial charge in [0.2, 0.25) is 0 Å². The molecule has 2 rings (SSSR count). The highest BCUT2D eigenvalue weighted by atomic mass is 35.5. The number of hydrogen-bond acceptors (Lipinski definition) is 1. The van der Waals surface area contributed by atoms with Crippen molar-refractivity contribution in [2.24, 2.45) is 0 Å². The second-order valence-corrected chi connectivity index (χ2v) is 3.78. The maximum Gasteiger partial charge on any atom is 0.251 e. The van der Waals surface area contributed by atoms with Crippen molar-refractivity contribution in [3.63, 3.8) is 0 Å². The van der Waals surface area contributed by atoms with E-state index in [9.17, 15) is 4.79 Å². The zero-order valence-corrected chi connectivity index (χ0v) is 9.52. The summed E-state index contributed by atoms with van der Waals surface area (Å²) in [5, 5.41) is 1.07. The number of aromatic nitrogens is 1. The van der Waals surface area contributed by atoms with E-state index in [1.165, 1.54) is 0 Å². The van der Waals surface area contributed by atoms with Crippen LogP contribution in [0.1, 0.15) is 0 Å². The lowest BCUT2D eigenvalue weighted by atomic mass is 10.2. The fraction of sp³-hybridized carbons (Fsp3) is 0.154. The van der Waals surface area contributed by atoms with Crippen molar-refractivity contribution >= 4 is 22.5 Å². The highest BCUT2D eigenvalue weighted by molar-refractivity contribution is 6.18. The van der Waals surface area contributed by atoms with Crippen molar-refractivity contribution in [3.8, 4) is 0 Å². The van der Waals surface area contributed by atoms with Gasteiger partial charge in [-0.05, 0) is 17.5 Å². The molecule has 0 amide bonds. The van der Waals surface area contributed by atoms with Gasteiger partial charge in [0, 0.05) is 18.5 Å². The second kappa shape index (κ2) is 4.99. The summed E-state index contributed by atoms with van der Waals surface area (Å²) in [4.78, 5) is 11.7. The number of halogens is 1. The van der Waals surface area contributed by atoms with E-state index in [2.05, 4.69) is 0 Å². The topological polar surface area (TPSA) is 22.0 Å². The van der Waals surface area contributed by atoms with Crippen molar-refractivity contribution in [3.05, 3.63) is 58.9 Å². The Labute approximate surface area is 98.8 Å². The molecule has 0 saturated carbocycles. The third-order valence-electron chi connectivity index (χ3n) is 2.44. The summed E-state index contributed by atoms with van der Waals surface area (Å²) in [6.07, 6.45) is 3.75. The van der Waals surface area contributed by atoms with Gasteiger partial charge in [-0.15, -0.1) is 11.6 Å². The van der Waals surface area contributed by atoms with Crippen LogP contribution in [0.2, 0.25) is 0 Å². The Morgan fingerprint density at radius 2 is 1.94 bits per heavy atom. The first-order chi connectivity index (χ1) is 7.83. The highest BCUT2D eigenvalue weighted by Gasteiger charge is 1.99. The van der Waals surface area contributed by atoms with Crippen LogP contribution in [0.15, 0.2) is 53.3 Å². The predicted octanol–water partition coefficient (Wildman–Crippen LogP) is 2.80. The van der Waals surface area contributed by atoms with Gasteiger partial charge in [-0.3, -0.25) is 4.79 Å². The van der Waals surface area contributed by atoms with Gasteiger partial charge in [-0.25, -0.2) is 0 Å². The zero-order valence-electron chi connectivity index (χ0n) is 8.77. The Morgan fingerprint density at radius 1 is 1.12 bits per heavy atom. The molecule has 1 aromatic carbocycles. The minimum absolute atomic E-state index is 0.0120. The number of fused-ring (bicyclic) bond motifs is 1. The third kappa shape index (κ3) is 2.17. The van der Waals surface area contributed by atoms with Crippen molar-refractivity contribution in [2.75, 3.05) is 5.88 Å². The molecule has 2 aromatic rings. The maximum absolute atomic E-state index is 11.7. The number of rotatable bonds is 3. The summed E-state index contributed by atoms with van der Waals surface area (Å²) < 4.78 is 1.73. The van der Waals surface area contributed by atoms with Gasteiger partial charge in [0.15, 0.2) is 0 Å². The first kappa shape index (κ1) is 11.0. The highest BCUT2D eigenvalue weighted by Crippen LogP contribution is 2.10. The summed E-state index contributed by atoms with van der Waals surface area (Å²) in [7, 11) is 0. The average Bonchev–Trinajstić information content (AvgIpc) is 2.32. The predicted molar refractivity (Wildman–Crippen MR) is 68.1 cm³/mol. The Kier molecular flexibility index (Phi) is 3.42. The molecule has 1 heterocycles. The molecule has 0 aliphatic carbocycles. The first-order valence-corrected chi connectivity index (χ1v) is 5.66. The summed E-state index contributed by atoms with van der Waals surface area (Å²) in [6, 6.07) is 11.3. The fourth-order valence-electron chi connectivity index (χ4n) is 1.68. The van der Waals surface area contributed by atoms with Crippen LogP contribution in [0.3, 0.4) is 0 Å². The molecule has 0 atom stereocenters. The van der Waals surface area contributed by atoms with Gasteiger partial charge in [0.1, 0.15) is 0 Å². The SMILES string of the molecule is O=c1ccc2ccccc2n1CC=CCCl. The van der Waals surface area contributed by atoms with Crippen molar-refractivity contribution in [2.45, 2.75) is 6.54 Å². The lowest BCUT2D eigenvalue weighted by Gasteiger charge is -2.06. The van der Waals surface area contributed by atoms with E-state index in [1.807, 2.05) is 42.5 Å². The van der Waals surface area contributed by atoms with Crippen LogP contribution in [0.5, 0.6) is 0 Å². The van der Waals surface area contributed by atoms with Gasteiger partial charge in [0.05, 0.1) is 5.52 Å². The minimum Gasteiger partial charge on any atom is -0.304 e. The molecule has 0 radical (unpaired) electrons. The van der Waals surface area contributed by atoms with E-state index in [0.29, 0.717) is 12.4 Å². The molecule has 2 nitrogen and oxygen atoms in total. The lowest BCUT2D eigenvalue weighted by Crippen LogP contribution is -2.18. The Morgan fingerprint density at radius 3 is 2.75 bits per heavy atom. The molecule has 0 N–H and O–H groups in total. The van der Waals surface area contributed by atoms with Crippen LogP contribution < -0.4 is 5.56 Å². The summed E-state index contributed by atoms with van der Waals surface area (Å²) in [5.74, 6) is 0.472. The number of para-hydroxylation sites is 1.